The second-order valence-corrected chi connectivity index (χ2v) is 9.75. The summed E-state index contributed by atoms with van der Waals surface area (Å²) in [6, 6.07) is 8.73. The smallest absolute Gasteiger partial charge is 0.345 e. The molecule has 0 bridgehead atoms. The predicted octanol–water partition coefficient (Wildman–Crippen LogP) is 4.40. The van der Waals surface area contributed by atoms with E-state index in [1.165, 1.54) is 6.07 Å². The summed E-state index contributed by atoms with van der Waals surface area (Å²) >= 11 is 0. The number of halogens is 3. The Hall–Kier alpha value is -1.97. The second-order valence-electron chi connectivity index (χ2n) is 8.52. The number of nitrogens with zero attached hydrogens (tertiary/aromatic N) is 1. The topological polar surface area (TPSA) is 115 Å². The molecule has 1 aromatic heterocycles. The molecule has 0 aliphatic heterocycles. The first-order valence-corrected chi connectivity index (χ1v) is 12.0. The van der Waals surface area contributed by atoms with Crippen LogP contribution in [-0.2, 0) is 35.2 Å². The molecular formula is C22H30F3N2O5P. The first-order valence-electron chi connectivity index (χ1n) is 10.5. The molecule has 1 unspecified atom stereocenters. The summed E-state index contributed by atoms with van der Waals surface area (Å²) in [6.45, 7) is 1.32. The van der Waals surface area contributed by atoms with E-state index in [4.69, 9.17) is 15.5 Å². The highest BCUT2D eigenvalue weighted by molar-refractivity contribution is 7.46. The van der Waals surface area contributed by atoms with Crippen molar-refractivity contribution < 1.29 is 36.8 Å². The molecule has 0 saturated heterocycles. The van der Waals surface area contributed by atoms with E-state index in [1.54, 1.807) is 36.7 Å². The van der Waals surface area contributed by atoms with E-state index >= 15 is 0 Å². The molecule has 1 atom stereocenters. The number of phosphoric acid groups is 1. The van der Waals surface area contributed by atoms with Crippen LogP contribution in [0.4, 0.5) is 13.2 Å². The summed E-state index contributed by atoms with van der Waals surface area (Å²) in [5.74, 6) is -0.0619. The molecule has 11 heteroatoms. The van der Waals surface area contributed by atoms with E-state index < -0.39 is 25.1 Å². The second kappa shape index (κ2) is 11.0. The number of ketones is 1. The maximum atomic E-state index is 12.8. The maximum Gasteiger partial charge on any atom is 0.469 e. The van der Waals surface area contributed by atoms with Crippen LogP contribution in [0.15, 0.2) is 36.4 Å². The number of benzene rings is 1. The minimum atomic E-state index is -4.60. The van der Waals surface area contributed by atoms with Gasteiger partial charge in [0.25, 0.3) is 0 Å². The van der Waals surface area contributed by atoms with Gasteiger partial charge in [-0.15, -0.1) is 0 Å². The third-order valence-electron chi connectivity index (χ3n) is 5.40. The number of alkyl halides is 3. The predicted molar refractivity (Wildman–Crippen MR) is 118 cm³/mol. The molecule has 0 saturated carbocycles. The summed E-state index contributed by atoms with van der Waals surface area (Å²) in [7, 11) is -2.84. The highest BCUT2D eigenvalue weighted by atomic mass is 31.2. The standard InChI is InChI=1S/C22H30F3N2O5P/c1-21(26,15-32-33(29,30)31)13-12-18-10-11-19(27(18)2)20(28)9-4-3-6-16-7-5-8-17(14-16)22(23,24)25/h5,7-8,10-11,14H,3-4,6,9,12-13,15,26H2,1-2H3,(H2,29,30,31). The van der Waals surface area contributed by atoms with Gasteiger partial charge in [0.05, 0.1) is 17.9 Å². The number of aryl methyl sites for hydroxylation is 2. The van der Waals surface area contributed by atoms with Crippen LogP contribution < -0.4 is 5.73 Å². The average molecular weight is 490 g/mol. The summed E-state index contributed by atoms with van der Waals surface area (Å²) < 4.78 is 55.5. The fraction of sp³-hybridized carbons (Fsp3) is 0.500. The lowest BCUT2D eigenvalue weighted by atomic mass is 9.97. The molecule has 0 aliphatic rings. The number of phosphoric ester groups is 1. The molecule has 33 heavy (non-hydrogen) atoms. The molecular weight excluding hydrogens is 460 g/mol. The number of hydrogen-bond acceptors (Lipinski definition) is 4. The molecule has 0 amide bonds. The fourth-order valence-corrected chi connectivity index (χ4v) is 3.91. The lowest BCUT2D eigenvalue weighted by Gasteiger charge is -2.24. The van der Waals surface area contributed by atoms with Crippen molar-refractivity contribution >= 4 is 13.6 Å². The first kappa shape index (κ1) is 27.3. The van der Waals surface area contributed by atoms with E-state index in [1.807, 2.05) is 0 Å². The van der Waals surface area contributed by atoms with E-state index in [2.05, 4.69) is 4.52 Å². The molecule has 2 rings (SSSR count). The van der Waals surface area contributed by atoms with Crippen molar-refractivity contribution in [2.75, 3.05) is 6.61 Å². The van der Waals surface area contributed by atoms with Gasteiger partial charge in [-0.1, -0.05) is 18.2 Å². The number of aromatic nitrogens is 1. The van der Waals surface area contributed by atoms with Crippen LogP contribution in [0.3, 0.4) is 0 Å². The van der Waals surface area contributed by atoms with Gasteiger partial charge in [0.15, 0.2) is 5.78 Å². The zero-order valence-corrected chi connectivity index (χ0v) is 19.5. The maximum absolute atomic E-state index is 12.8. The molecule has 1 aromatic carbocycles. The SMILES string of the molecule is Cn1c(CCC(C)(N)COP(=O)(O)O)ccc1C(=O)CCCCc1cccc(C(F)(F)F)c1. The van der Waals surface area contributed by atoms with Crippen LogP contribution in [-0.4, -0.2) is 32.3 Å². The van der Waals surface area contributed by atoms with Gasteiger partial charge in [-0.05, 0) is 62.8 Å². The van der Waals surface area contributed by atoms with E-state index in [0.29, 0.717) is 43.4 Å². The Bertz CT molecular complexity index is 998. The molecule has 1 heterocycles. The fourth-order valence-electron chi connectivity index (χ4n) is 3.45. The number of carbonyl (C=O) groups excluding carboxylic acids is 1. The molecule has 184 valence electrons. The lowest BCUT2D eigenvalue weighted by Crippen LogP contribution is -2.41. The highest BCUT2D eigenvalue weighted by Gasteiger charge is 2.30. The normalized spacial score (nSPS) is 14.3. The largest absolute Gasteiger partial charge is 0.469 e. The molecule has 0 radical (unpaired) electrons. The summed E-state index contributed by atoms with van der Waals surface area (Å²) in [6.07, 6.45) is -1.62. The van der Waals surface area contributed by atoms with Gasteiger partial charge in [0.2, 0.25) is 0 Å². The van der Waals surface area contributed by atoms with Gasteiger partial charge < -0.3 is 20.1 Å². The molecule has 0 aliphatic carbocycles. The molecule has 2 aromatic rings. The van der Waals surface area contributed by atoms with Crippen LogP contribution >= 0.6 is 7.82 Å². The van der Waals surface area contributed by atoms with Gasteiger partial charge in [-0.25, -0.2) is 4.57 Å². The Labute approximate surface area is 191 Å². The van der Waals surface area contributed by atoms with Gasteiger partial charge in [0, 0.05) is 24.7 Å². The quantitative estimate of drug-likeness (QED) is 0.231. The van der Waals surface area contributed by atoms with Crippen LogP contribution in [0.5, 0.6) is 0 Å². The van der Waals surface area contributed by atoms with Gasteiger partial charge >= 0.3 is 14.0 Å². The number of carbonyl (C=O) groups is 1. The van der Waals surface area contributed by atoms with Crippen molar-refractivity contribution in [3.05, 3.63) is 58.9 Å². The minimum Gasteiger partial charge on any atom is -0.345 e. The van der Waals surface area contributed by atoms with Crippen molar-refractivity contribution in [1.82, 2.24) is 4.57 Å². The molecule has 0 fully saturated rings. The number of hydrogen-bond donors (Lipinski definition) is 3. The Morgan fingerprint density at radius 3 is 2.48 bits per heavy atom. The number of unbranched alkanes of at least 4 members (excludes halogenated alkanes) is 1. The molecule has 7 nitrogen and oxygen atoms in total. The van der Waals surface area contributed by atoms with Crippen molar-refractivity contribution in [3.8, 4) is 0 Å². The van der Waals surface area contributed by atoms with E-state index in [0.717, 1.165) is 17.8 Å². The van der Waals surface area contributed by atoms with Crippen molar-refractivity contribution in [1.29, 1.82) is 0 Å². The van der Waals surface area contributed by atoms with Gasteiger partial charge in [0.1, 0.15) is 0 Å². The summed E-state index contributed by atoms with van der Waals surface area (Å²) in [5.41, 5.74) is 6.37. The van der Waals surface area contributed by atoms with Crippen LogP contribution in [0, 0.1) is 0 Å². The Morgan fingerprint density at radius 2 is 1.85 bits per heavy atom. The Kier molecular flexibility index (Phi) is 9.07. The average Bonchev–Trinajstić information content (AvgIpc) is 3.08. The monoisotopic (exact) mass is 490 g/mol. The van der Waals surface area contributed by atoms with Crippen molar-refractivity contribution in [2.24, 2.45) is 12.8 Å². The van der Waals surface area contributed by atoms with Gasteiger partial charge in [-0.2, -0.15) is 13.2 Å². The highest BCUT2D eigenvalue weighted by Crippen LogP contribution is 2.37. The van der Waals surface area contributed by atoms with Crippen LogP contribution in [0.25, 0.3) is 0 Å². The molecule has 4 N–H and O–H groups in total. The van der Waals surface area contributed by atoms with Gasteiger partial charge in [-0.3, -0.25) is 9.32 Å². The van der Waals surface area contributed by atoms with Crippen molar-refractivity contribution in [3.63, 3.8) is 0 Å². The third-order valence-corrected chi connectivity index (χ3v) is 5.87. The summed E-state index contributed by atoms with van der Waals surface area (Å²) in [5, 5.41) is 0. The number of rotatable bonds is 12. The Balaban J connectivity index is 1.84. The molecule has 0 spiro atoms. The van der Waals surface area contributed by atoms with Crippen molar-refractivity contribution in [2.45, 2.75) is 57.2 Å². The summed E-state index contributed by atoms with van der Waals surface area (Å²) in [4.78, 5) is 30.2. The number of Topliss-reactive ketones (excluding diaryl/α,β-unsaturated/α-hetero) is 1. The lowest BCUT2D eigenvalue weighted by molar-refractivity contribution is -0.137. The zero-order chi connectivity index (χ0) is 24.9. The Morgan fingerprint density at radius 1 is 1.15 bits per heavy atom. The zero-order valence-electron chi connectivity index (χ0n) is 18.6. The van der Waals surface area contributed by atoms with Crippen LogP contribution in [0.1, 0.15) is 59.9 Å². The number of nitrogens with two attached hydrogens (primary N) is 1. The van der Waals surface area contributed by atoms with E-state index in [9.17, 15) is 22.5 Å². The first-order chi connectivity index (χ1) is 15.2. The minimum absolute atomic E-state index is 0.0619. The van der Waals surface area contributed by atoms with Crippen LogP contribution in [0.2, 0.25) is 0 Å². The van der Waals surface area contributed by atoms with E-state index in [-0.39, 0.29) is 18.8 Å². The third kappa shape index (κ3) is 9.06.